The highest BCUT2D eigenvalue weighted by Gasteiger charge is 2.04. The fourth-order valence-electron chi connectivity index (χ4n) is 1.60. The highest BCUT2D eigenvalue weighted by Crippen LogP contribution is 2.17. The minimum absolute atomic E-state index is 0.233. The molecule has 0 aliphatic rings. The number of carboxylic acid groups (broad SMARTS) is 1. The summed E-state index contributed by atoms with van der Waals surface area (Å²) in [7, 11) is 0. The Morgan fingerprint density at radius 3 is 2.44 bits per heavy atom. The van der Waals surface area contributed by atoms with Gasteiger partial charge in [0.05, 0.1) is 5.56 Å². The maximum Gasteiger partial charge on any atom is 0.335 e. The Bertz CT molecular complexity index is 589. The molecule has 90 valence electrons. The molecule has 0 spiro atoms. The molecule has 0 amide bonds. The van der Waals surface area contributed by atoms with Gasteiger partial charge in [-0.1, -0.05) is 42.5 Å². The highest BCUT2D eigenvalue weighted by atomic mass is 16.4. The average Bonchev–Trinajstić information content (AvgIpc) is 2.38. The first-order chi connectivity index (χ1) is 8.66. The third-order valence-corrected chi connectivity index (χ3v) is 2.59. The average molecular weight is 239 g/mol. The van der Waals surface area contributed by atoms with Crippen LogP contribution in [0, 0.1) is 0 Å². The zero-order chi connectivity index (χ0) is 13.0. The third kappa shape index (κ3) is 2.77. The van der Waals surface area contributed by atoms with E-state index in [-0.39, 0.29) is 5.56 Å². The van der Waals surface area contributed by atoms with E-state index in [1.54, 1.807) is 12.1 Å². The molecule has 0 saturated carbocycles. The maximum absolute atomic E-state index is 10.9. The molecule has 0 aliphatic carbocycles. The predicted octanol–water partition coefficient (Wildman–Crippen LogP) is 3.14. The molecular weight excluding hydrogens is 226 g/mol. The number of nitrogen functional groups attached to an aromatic ring is 1. The van der Waals surface area contributed by atoms with E-state index in [9.17, 15) is 4.79 Å². The van der Waals surface area contributed by atoms with E-state index in [0.29, 0.717) is 11.3 Å². The minimum atomic E-state index is -0.954. The van der Waals surface area contributed by atoms with Crippen LogP contribution in [-0.2, 0) is 0 Å². The number of rotatable bonds is 3. The van der Waals surface area contributed by atoms with Crippen LogP contribution < -0.4 is 5.73 Å². The molecule has 0 heterocycles. The molecule has 0 atom stereocenters. The van der Waals surface area contributed by atoms with Crippen LogP contribution in [0.3, 0.4) is 0 Å². The lowest BCUT2D eigenvalue weighted by molar-refractivity contribution is 0.0697. The standard InChI is InChI=1S/C15H13NO2/c16-14-9-8-13(15(17)18)10-12(14)7-6-11-4-2-1-3-5-11/h1-10H,16H2,(H,17,18)/b7-6+. The number of hydrogen-bond donors (Lipinski definition) is 2. The van der Waals surface area contributed by atoms with Crippen molar-refractivity contribution in [2.75, 3.05) is 5.73 Å². The second kappa shape index (κ2) is 5.19. The summed E-state index contributed by atoms with van der Waals surface area (Å²) < 4.78 is 0. The SMILES string of the molecule is Nc1ccc(C(=O)O)cc1/C=C/c1ccccc1. The molecule has 0 aromatic heterocycles. The van der Waals surface area contributed by atoms with E-state index in [0.717, 1.165) is 5.56 Å². The molecule has 0 unspecified atom stereocenters. The summed E-state index contributed by atoms with van der Waals surface area (Å²) in [5.41, 5.74) is 8.35. The van der Waals surface area contributed by atoms with Crippen molar-refractivity contribution in [3.63, 3.8) is 0 Å². The smallest absolute Gasteiger partial charge is 0.335 e. The van der Waals surface area contributed by atoms with Gasteiger partial charge in [0.2, 0.25) is 0 Å². The Morgan fingerprint density at radius 1 is 1.06 bits per heavy atom. The van der Waals surface area contributed by atoms with E-state index < -0.39 is 5.97 Å². The van der Waals surface area contributed by atoms with Gasteiger partial charge < -0.3 is 10.8 Å². The van der Waals surface area contributed by atoms with Gasteiger partial charge in [-0.25, -0.2) is 4.79 Å². The van der Waals surface area contributed by atoms with Crippen molar-refractivity contribution >= 4 is 23.8 Å². The van der Waals surface area contributed by atoms with E-state index in [4.69, 9.17) is 10.8 Å². The molecule has 2 aromatic carbocycles. The van der Waals surface area contributed by atoms with E-state index in [2.05, 4.69) is 0 Å². The molecule has 0 saturated heterocycles. The first-order valence-corrected chi connectivity index (χ1v) is 5.53. The summed E-state index contributed by atoms with van der Waals surface area (Å²) in [5.74, 6) is -0.954. The van der Waals surface area contributed by atoms with Crippen LogP contribution in [0.4, 0.5) is 5.69 Å². The van der Waals surface area contributed by atoms with Crippen LogP contribution in [0.5, 0.6) is 0 Å². The predicted molar refractivity (Wildman–Crippen MR) is 73.2 cm³/mol. The number of carboxylic acids is 1. The molecule has 2 rings (SSSR count). The van der Waals surface area contributed by atoms with Crippen molar-refractivity contribution in [2.45, 2.75) is 0 Å². The summed E-state index contributed by atoms with van der Waals surface area (Å²) in [6.45, 7) is 0. The maximum atomic E-state index is 10.9. The molecule has 3 heteroatoms. The highest BCUT2D eigenvalue weighted by molar-refractivity contribution is 5.90. The van der Waals surface area contributed by atoms with Crippen molar-refractivity contribution in [1.82, 2.24) is 0 Å². The van der Waals surface area contributed by atoms with E-state index in [1.165, 1.54) is 6.07 Å². The molecule has 0 radical (unpaired) electrons. The van der Waals surface area contributed by atoms with Gasteiger partial charge in [-0.2, -0.15) is 0 Å². The minimum Gasteiger partial charge on any atom is -0.478 e. The lowest BCUT2D eigenvalue weighted by atomic mass is 10.1. The summed E-state index contributed by atoms with van der Waals surface area (Å²) in [4.78, 5) is 10.9. The van der Waals surface area contributed by atoms with Crippen molar-refractivity contribution in [3.05, 3.63) is 65.2 Å². The van der Waals surface area contributed by atoms with Gasteiger partial charge in [-0.3, -0.25) is 0 Å². The third-order valence-electron chi connectivity index (χ3n) is 2.59. The number of aromatic carboxylic acids is 1. The number of anilines is 1. The van der Waals surface area contributed by atoms with Gasteiger partial charge >= 0.3 is 5.97 Å². The van der Waals surface area contributed by atoms with Gasteiger partial charge in [-0.05, 0) is 29.3 Å². The second-order valence-corrected chi connectivity index (χ2v) is 3.89. The quantitative estimate of drug-likeness (QED) is 0.639. The van der Waals surface area contributed by atoms with Crippen molar-refractivity contribution in [2.24, 2.45) is 0 Å². The van der Waals surface area contributed by atoms with Crippen molar-refractivity contribution in [3.8, 4) is 0 Å². The molecule has 0 aliphatic heterocycles. The lowest BCUT2D eigenvalue weighted by Crippen LogP contribution is -1.98. The zero-order valence-electron chi connectivity index (χ0n) is 9.71. The first kappa shape index (κ1) is 11.9. The summed E-state index contributed by atoms with van der Waals surface area (Å²) in [6.07, 6.45) is 3.72. The fourth-order valence-corrected chi connectivity index (χ4v) is 1.60. The van der Waals surface area contributed by atoms with Crippen molar-refractivity contribution < 1.29 is 9.90 Å². The summed E-state index contributed by atoms with van der Waals surface area (Å²) in [6, 6.07) is 14.4. The van der Waals surface area contributed by atoms with Crippen LogP contribution in [0.15, 0.2) is 48.5 Å². The first-order valence-electron chi connectivity index (χ1n) is 5.53. The Morgan fingerprint density at radius 2 is 1.78 bits per heavy atom. The Balaban J connectivity index is 2.31. The largest absolute Gasteiger partial charge is 0.478 e. The van der Waals surface area contributed by atoms with Gasteiger partial charge in [-0.15, -0.1) is 0 Å². The van der Waals surface area contributed by atoms with Crippen molar-refractivity contribution in [1.29, 1.82) is 0 Å². The molecule has 0 bridgehead atoms. The van der Waals surface area contributed by atoms with Crippen LogP contribution in [0.1, 0.15) is 21.5 Å². The normalized spacial score (nSPS) is 10.7. The van der Waals surface area contributed by atoms with Crippen LogP contribution in [0.2, 0.25) is 0 Å². The van der Waals surface area contributed by atoms with Gasteiger partial charge in [0.25, 0.3) is 0 Å². The van der Waals surface area contributed by atoms with Gasteiger partial charge in [0.15, 0.2) is 0 Å². The van der Waals surface area contributed by atoms with Crippen LogP contribution >= 0.6 is 0 Å². The number of benzene rings is 2. The second-order valence-electron chi connectivity index (χ2n) is 3.89. The number of nitrogens with two attached hydrogens (primary N) is 1. The monoisotopic (exact) mass is 239 g/mol. The number of hydrogen-bond acceptors (Lipinski definition) is 2. The van der Waals surface area contributed by atoms with Gasteiger partial charge in [0.1, 0.15) is 0 Å². The summed E-state index contributed by atoms with van der Waals surface area (Å²) in [5, 5.41) is 8.92. The van der Waals surface area contributed by atoms with E-state index >= 15 is 0 Å². The Kier molecular flexibility index (Phi) is 3.44. The molecule has 18 heavy (non-hydrogen) atoms. The van der Waals surface area contributed by atoms with Crippen LogP contribution in [0.25, 0.3) is 12.2 Å². The fraction of sp³-hybridized carbons (Fsp3) is 0. The lowest BCUT2D eigenvalue weighted by Gasteiger charge is -2.02. The zero-order valence-corrected chi connectivity index (χ0v) is 9.71. The molecule has 3 nitrogen and oxygen atoms in total. The molecule has 3 N–H and O–H groups in total. The Labute approximate surface area is 105 Å². The Hall–Kier alpha value is -2.55. The number of carbonyl (C=O) groups is 1. The van der Waals surface area contributed by atoms with Crippen LogP contribution in [-0.4, -0.2) is 11.1 Å². The van der Waals surface area contributed by atoms with Gasteiger partial charge in [0, 0.05) is 5.69 Å². The summed E-state index contributed by atoms with van der Waals surface area (Å²) >= 11 is 0. The van der Waals surface area contributed by atoms with E-state index in [1.807, 2.05) is 42.5 Å². The topological polar surface area (TPSA) is 63.3 Å². The molecule has 2 aromatic rings. The molecule has 0 fully saturated rings. The molecular formula is C15H13NO2.